The molecule has 0 saturated heterocycles. The zero-order chi connectivity index (χ0) is 15.4. The Labute approximate surface area is 129 Å². The third kappa shape index (κ3) is 8.82. The Morgan fingerprint density at radius 1 is 0.850 bits per heavy atom. The van der Waals surface area contributed by atoms with Gasteiger partial charge in [0.1, 0.15) is 0 Å². The molecule has 0 aromatic carbocycles. The highest BCUT2D eigenvalue weighted by atomic mass is 14.3. The molecular weight excluding hydrogens is 240 g/mol. The summed E-state index contributed by atoms with van der Waals surface area (Å²) in [6, 6.07) is 0. The van der Waals surface area contributed by atoms with Crippen LogP contribution in [0.25, 0.3) is 0 Å². The van der Waals surface area contributed by atoms with Crippen LogP contribution in [0.1, 0.15) is 92.4 Å². The fourth-order valence-electron chi connectivity index (χ4n) is 3.03. The van der Waals surface area contributed by atoms with Crippen LogP contribution >= 0.6 is 0 Å². The summed E-state index contributed by atoms with van der Waals surface area (Å²) >= 11 is 0. The molecule has 0 spiro atoms. The van der Waals surface area contributed by atoms with Gasteiger partial charge in [0.25, 0.3) is 0 Å². The molecule has 0 bridgehead atoms. The van der Waals surface area contributed by atoms with E-state index < -0.39 is 0 Å². The number of unbranched alkanes of at least 4 members (excludes halogenated alkanes) is 4. The molecule has 0 amide bonds. The van der Waals surface area contributed by atoms with Gasteiger partial charge in [0.2, 0.25) is 0 Å². The normalized spacial score (nSPS) is 17.4. The predicted molar refractivity (Wildman–Crippen MR) is 94.1 cm³/mol. The summed E-state index contributed by atoms with van der Waals surface area (Å²) in [5, 5.41) is 0. The molecule has 0 aliphatic rings. The molecule has 0 fully saturated rings. The van der Waals surface area contributed by atoms with Crippen molar-refractivity contribution in [2.24, 2.45) is 23.7 Å². The topological polar surface area (TPSA) is 0 Å². The van der Waals surface area contributed by atoms with Crippen LogP contribution in [0.3, 0.4) is 0 Å². The molecule has 0 saturated carbocycles. The van der Waals surface area contributed by atoms with E-state index in [9.17, 15) is 0 Å². The van der Waals surface area contributed by atoms with Crippen molar-refractivity contribution in [3.8, 4) is 0 Å². The van der Waals surface area contributed by atoms with Crippen molar-refractivity contribution in [1.29, 1.82) is 0 Å². The Morgan fingerprint density at radius 3 is 2.05 bits per heavy atom. The number of allylic oxidation sites excluding steroid dienone is 1. The summed E-state index contributed by atoms with van der Waals surface area (Å²) in [5.41, 5.74) is 0. The van der Waals surface area contributed by atoms with Crippen molar-refractivity contribution < 1.29 is 0 Å². The van der Waals surface area contributed by atoms with Gasteiger partial charge in [-0.25, -0.2) is 0 Å². The minimum Gasteiger partial charge on any atom is -0.103 e. The minimum absolute atomic E-state index is 0.717. The number of rotatable bonds is 13. The fraction of sp³-hybridized carbons (Fsp3) is 0.900. The van der Waals surface area contributed by atoms with Gasteiger partial charge in [-0.05, 0) is 30.1 Å². The highest BCUT2D eigenvalue weighted by Gasteiger charge is 2.20. The third-order valence-corrected chi connectivity index (χ3v) is 5.33. The molecule has 0 heterocycles. The van der Waals surface area contributed by atoms with E-state index in [1.165, 1.54) is 57.8 Å². The van der Waals surface area contributed by atoms with Crippen LogP contribution in [0.2, 0.25) is 0 Å². The van der Waals surface area contributed by atoms with E-state index >= 15 is 0 Å². The second-order valence-corrected chi connectivity index (χ2v) is 7.03. The molecule has 120 valence electrons. The van der Waals surface area contributed by atoms with E-state index in [1.807, 2.05) is 0 Å². The largest absolute Gasteiger partial charge is 0.103 e. The van der Waals surface area contributed by atoms with Crippen molar-refractivity contribution in [3.63, 3.8) is 0 Å². The first-order valence-electron chi connectivity index (χ1n) is 9.19. The molecular formula is C20H40. The maximum atomic E-state index is 4.09. The molecule has 20 heavy (non-hydrogen) atoms. The van der Waals surface area contributed by atoms with Crippen molar-refractivity contribution in [1.82, 2.24) is 0 Å². The van der Waals surface area contributed by atoms with Gasteiger partial charge in [0, 0.05) is 0 Å². The first-order chi connectivity index (χ1) is 9.56. The van der Waals surface area contributed by atoms with E-state index in [-0.39, 0.29) is 0 Å². The van der Waals surface area contributed by atoms with Gasteiger partial charge in [-0.15, -0.1) is 6.58 Å². The monoisotopic (exact) mass is 280 g/mol. The van der Waals surface area contributed by atoms with Gasteiger partial charge in [-0.1, -0.05) is 92.1 Å². The van der Waals surface area contributed by atoms with Gasteiger partial charge in [0.05, 0.1) is 0 Å². The van der Waals surface area contributed by atoms with E-state index in [2.05, 4.69) is 47.3 Å². The zero-order valence-electron chi connectivity index (χ0n) is 15.0. The van der Waals surface area contributed by atoms with Crippen molar-refractivity contribution in [2.75, 3.05) is 0 Å². The molecule has 0 radical (unpaired) electrons. The van der Waals surface area contributed by atoms with Gasteiger partial charge in [0.15, 0.2) is 0 Å². The van der Waals surface area contributed by atoms with Crippen LogP contribution in [0.5, 0.6) is 0 Å². The molecule has 4 atom stereocenters. The molecule has 0 aliphatic carbocycles. The maximum Gasteiger partial charge on any atom is -0.0208 e. The van der Waals surface area contributed by atoms with Crippen molar-refractivity contribution >= 4 is 0 Å². The predicted octanol–water partition coefficient (Wildman–Crippen LogP) is 7.25. The zero-order valence-corrected chi connectivity index (χ0v) is 15.0. The first-order valence-corrected chi connectivity index (χ1v) is 9.19. The van der Waals surface area contributed by atoms with Crippen LogP contribution in [0.15, 0.2) is 12.7 Å². The molecule has 0 aromatic rings. The molecule has 4 unspecified atom stereocenters. The summed E-state index contributed by atoms with van der Waals surface area (Å²) in [4.78, 5) is 0. The number of hydrogen-bond donors (Lipinski definition) is 0. The molecule has 0 aromatic heterocycles. The second-order valence-electron chi connectivity index (χ2n) is 7.03. The van der Waals surface area contributed by atoms with E-state index in [4.69, 9.17) is 0 Å². The SMILES string of the molecule is C=CC(CCC(C)CC)C(C)C(C)CCCCCCC. The van der Waals surface area contributed by atoms with Gasteiger partial charge >= 0.3 is 0 Å². The van der Waals surface area contributed by atoms with Crippen LogP contribution in [-0.4, -0.2) is 0 Å². The Bertz CT molecular complexity index is 218. The van der Waals surface area contributed by atoms with Crippen LogP contribution < -0.4 is 0 Å². The average Bonchev–Trinajstić information content (AvgIpc) is 2.46. The third-order valence-electron chi connectivity index (χ3n) is 5.33. The lowest BCUT2D eigenvalue weighted by Crippen LogP contribution is -2.18. The lowest BCUT2D eigenvalue weighted by molar-refractivity contribution is 0.259. The van der Waals surface area contributed by atoms with Crippen molar-refractivity contribution in [2.45, 2.75) is 92.4 Å². The Balaban J connectivity index is 3.97. The van der Waals surface area contributed by atoms with Crippen LogP contribution in [0, 0.1) is 23.7 Å². The van der Waals surface area contributed by atoms with E-state index in [1.54, 1.807) is 0 Å². The van der Waals surface area contributed by atoms with E-state index in [0.717, 1.165) is 23.7 Å². The Kier molecular flexibility index (Phi) is 12.3. The van der Waals surface area contributed by atoms with Crippen LogP contribution in [-0.2, 0) is 0 Å². The minimum atomic E-state index is 0.717. The maximum absolute atomic E-state index is 4.09. The summed E-state index contributed by atoms with van der Waals surface area (Å²) < 4.78 is 0. The molecule has 0 aliphatic heterocycles. The van der Waals surface area contributed by atoms with Gasteiger partial charge < -0.3 is 0 Å². The lowest BCUT2D eigenvalue weighted by Gasteiger charge is -2.27. The smallest absolute Gasteiger partial charge is 0.0208 e. The van der Waals surface area contributed by atoms with Crippen molar-refractivity contribution in [3.05, 3.63) is 12.7 Å². The molecule has 0 N–H and O–H groups in total. The summed E-state index contributed by atoms with van der Waals surface area (Å²) in [6.45, 7) is 15.9. The van der Waals surface area contributed by atoms with Gasteiger partial charge in [-0.2, -0.15) is 0 Å². The molecule has 0 nitrogen and oxygen atoms in total. The quantitative estimate of drug-likeness (QED) is 0.246. The van der Waals surface area contributed by atoms with Gasteiger partial charge in [-0.3, -0.25) is 0 Å². The average molecular weight is 281 g/mol. The van der Waals surface area contributed by atoms with E-state index in [0.29, 0.717) is 0 Å². The summed E-state index contributed by atoms with van der Waals surface area (Å²) in [7, 11) is 0. The molecule has 0 rings (SSSR count). The Hall–Kier alpha value is -0.260. The first kappa shape index (κ1) is 19.7. The highest BCUT2D eigenvalue weighted by Crippen LogP contribution is 2.30. The molecule has 0 heteroatoms. The fourth-order valence-corrected chi connectivity index (χ4v) is 3.03. The van der Waals surface area contributed by atoms with Crippen LogP contribution in [0.4, 0.5) is 0 Å². The number of hydrogen-bond acceptors (Lipinski definition) is 0. The lowest BCUT2D eigenvalue weighted by atomic mass is 9.78. The summed E-state index contributed by atoms with van der Waals surface area (Å²) in [5.74, 6) is 3.22. The summed E-state index contributed by atoms with van der Waals surface area (Å²) in [6.07, 6.45) is 14.7. The highest BCUT2D eigenvalue weighted by molar-refractivity contribution is 4.85. The Morgan fingerprint density at radius 2 is 1.50 bits per heavy atom. The second kappa shape index (κ2) is 12.5. The standard InChI is InChI=1S/C20H40/c1-7-10-11-12-13-14-18(5)19(6)20(9-3)16-15-17(4)8-2/h9,17-20H,3,7-8,10-16H2,1-2,4-6H3.